The molecule has 0 aromatic carbocycles. The van der Waals surface area contributed by atoms with E-state index in [4.69, 9.17) is 9.47 Å². The lowest BCUT2D eigenvalue weighted by Gasteiger charge is -2.16. The predicted molar refractivity (Wildman–Crippen MR) is 96.5 cm³/mol. The Bertz CT molecular complexity index is 325. The molecule has 23 heavy (non-hydrogen) atoms. The number of aliphatic hydroxyl groups is 1. The van der Waals surface area contributed by atoms with Crippen LogP contribution < -0.4 is 0 Å². The first-order valence-corrected chi connectivity index (χ1v) is 9.69. The van der Waals surface area contributed by atoms with E-state index in [2.05, 4.69) is 13.0 Å². The molecule has 0 radical (unpaired) electrons. The van der Waals surface area contributed by atoms with Crippen LogP contribution in [0, 0.1) is 0 Å². The minimum atomic E-state index is -0.438. The Morgan fingerprint density at radius 1 is 0.957 bits per heavy atom. The van der Waals surface area contributed by atoms with Crippen LogP contribution in [0.5, 0.6) is 0 Å². The van der Waals surface area contributed by atoms with Crippen LogP contribution in [0.25, 0.3) is 0 Å². The van der Waals surface area contributed by atoms with Gasteiger partial charge in [-0.25, -0.2) is 0 Å². The van der Waals surface area contributed by atoms with Crippen molar-refractivity contribution in [3.63, 3.8) is 0 Å². The van der Waals surface area contributed by atoms with Gasteiger partial charge in [0.2, 0.25) is 0 Å². The van der Waals surface area contributed by atoms with Gasteiger partial charge in [-0.15, -0.1) is 0 Å². The van der Waals surface area contributed by atoms with Crippen molar-refractivity contribution in [3.05, 3.63) is 12.2 Å². The molecular formula is C20H38O3. The fourth-order valence-corrected chi connectivity index (χ4v) is 3.17. The fraction of sp³-hybridized carbons (Fsp3) is 0.900. The van der Waals surface area contributed by atoms with Crippen molar-refractivity contribution >= 4 is 0 Å². The van der Waals surface area contributed by atoms with Crippen LogP contribution in [0.1, 0.15) is 91.9 Å². The SMILES string of the molecule is CCCCCCC[C@H]1OC(C)(C)O[C@@H]1CCC/C=C\[C@H](O)CC. The summed E-state index contributed by atoms with van der Waals surface area (Å²) >= 11 is 0. The largest absolute Gasteiger partial charge is 0.389 e. The van der Waals surface area contributed by atoms with Crippen molar-refractivity contribution in [3.8, 4) is 0 Å². The van der Waals surface area contributed by atoms with Gasteiger partial charge in [0.05, 0.1) is 18.3 Å². The molecule has 0 aliphatic carbocycles. The molecular weight excluding hydrogens is 288 g/mol. The molecule has 1 heterocycles. The Balaban J connectivity index is 2.28. The Hall–Kier alpha value is -0.380. The van der Waals surface area contributed by atoms with E-state index >= 15 is 0 Å². The van der Waals surface area contributed by atoms with E-state index in [0.29, 0.717) is 0 Å². The maximum atomic E-state index is 9.51. The molecule has 3 nitrogen and oxygen atoms in total. The minimum Gasteiger partial charge on any atom is -0.389 e. The summed E-state index contributed by atoms with van der Waals surface area (Å²) < 4.78 is 12.2. The molecule has 1 aliphatic heterocycles. The van der Waals surface area contributed by atoms with Crippen LogP contribution in [-0.4, -0.2) is 29.2 Å². The molecule has 1 saturated heterocycles. The fourth-order valence-electron chi connectivity index (χ4n) is 3.17. The van der Waals surface area contributed by atoms with Crippen molar-refractivity contribution in [2.24, 2.45) is 0 Å². The maximum Gasteiger partial charge on any atom is 0.163 e. The van der Waals surface area contributed by atoms with Crippen LogP contribution >= 0.6 is 0 Å². The first-order valence-electron chi connectivity index (χ1n) is 9.69. The third-order valence-electron chi connectivity index (χ3n) is 4.51. The number of rotatable bonds is 12. The monoisotopic (exact) mass is 326 g/mol. The van der Waals surface area contributed by atoms with Gasteiger partial charge in [0.1, 0.15) is 0 Å². The molecule has 1 N–H and O–H groups in total. The number of hydrogen-bond acceptors (Lipinski definition) is 3. The lowest BCUT2D eigenvalue weighted by Crippen LogP contribution is -2.22. The smallest absolute Gasteiger partial charge is 0.163 e. The summed E-state index contributed by atoms with van der Waals surface area (Å²) in [7, 11) is 0. The van der Waals surface area contributed by atoms with E-state index in [1.165, 1.54) is 32.1 Å². The Morgan fingerprint density at radius 2 is 1.57 bits per heavy atom. The molecule has 0 spiro atoms. The van der Waals surface area contributed by atoms with Crippen molar-refractivity contribution in [2.75, 3.05) is 0 Å². The second kappa shape index (κ2) is 11.2. The molecule has 0 unspecified atom stereocenters. The zero-order valence-electron chi connectivity index (χ0n) is 15.7. The molecule has 1 fully saturated rings. The summed E-state index contributed by atoms with van der Waals surface area (Å²) in [5, 5.41) is 9.51. The molecule has 0 aromatic rings. The van der Waals surface area contributed by atoms with Crippen LogP contribution in [0.4, 0.5) is 0 Å². The second-order valence-corrected chi connectivity index (χ2v) is 7.25. The van der Waals surface area contributed by atoms with Gasteiger partial charge in [0, 0.05) is 0 Å². The molecule has 1 rings (SSSR count). The van der Waals surface area contributed by atoms with E-state index in [1.54, 1.807) is 0 Å². The molecule has 1 aliphatic rings. The van der Waals surface area contributed by atoms with Crippen molar-refractivity contribution in [2.45, 2.75) is 116 Å². The molecule has 136 valence electrons. The van der Waals surface area contributed by atoms with E-state index in [9.17, 15) is 5.11 Å². The Kier molecular flexibility index (Phi) is 10.1. The van der Waals surface area contributed by atoms with Gasteiger partial charge in [0.15, 0.2) is 5.79 Å². The van der Waals surface area contributed by atoms with E-state index in [-0.39, 0.29) is 18.3 Å². The predicted octanol–water partition coefficient (Wildman–Crippen LogP) is 5.36. The zero-order valence-corrected chi connectivity index (χ0v) is 15.7. The molecule has 0 aromatic heterocycles. The molecule has 3 heteroatoms. The highest BCUT2D eigenvalue weighted by Crippen LogP contribution is 2.33. The topological polar surface area (TPSA) is 38.7 Å². The Morgan fingerprint density at radius 3 is 2.17 bits per heavy atom. The number of aliphatic hydroxyl groups excluding tert-OH is 1. The van der Waals surface area contributed by atoms with Crippen LogP contribution in [0.2, 0.25) is 0 Å². The van der Waals surface area contributed by atoms with E-state index < -0.39 is 5.79 Å². The van der Waals surface area contributed by atoms with Crippen LogP contribution in [0.15, 0.2) is 12.2 Å². The van der Waals surface area contributed by atoms with Crippen molar-refractivity contribution < 1.29 is 14.6 Å². The van der Waals surface area contributed by atoms with Gasteiger partial charge in [0.25, 0.3) is 0 Å². The summed E-state index contributed by atoms with van der Waals surface area (Å²) in [6, 6.07) is 0. The summed E-state index contributed by atoms with van der Waals surface area (Å²) in [6.45, 7) is 8.29. The van der Waals surface area contributed by atoms with Crippen LogP contribution in [0.3, 0.4) is 0 Å². The minimum absolute atomic E-state index is 0.223. The number of hydrogen-bond donors (Lipinski definition) is 1. The number of unbranched alkanes of at least 4 members (excludes halogenated alkanes) is 5. The summed E-state index contributed by atoms with van der Waals surface area (Å²) in [4.78, 5) is 0. The number of allylic oxidation sites excluding steroid dienone is 1. The average molecular weight is 327 g/mol. The third kappa shape index (κ3) is 8.88. The second-order valence-electron chi connectivity index (χ2n) is 7.25. The summed E-state index contributed by atoms with van der Waals surface area (Å²) in [5.41, 5.74) is 0. The lowest BCUT2D eigenvalue weighted by molar-refractivity contribution is -0.147. The molecule has 0 amide bonds. The van der Waals surface area contributed by atoms with E-state index in [1.807, 2.05) is 26.8 Å². The van der Waals surface area contributed by atoms with Crippen molar-refractivity contribution in [1.29, 1.82) is 0 Å². The van der Waals surface area contributed by atoms with Gasteiger partial charge >= 0.3 is 0 Å². The third-order valence-corrected chi connectivity index (χ3v) is 4.51. The van der Waals surface area contributed by atoms with Gasteiger partial charge in [-0.2, -0.15) is 0 Å². The zero-order chi connectivity index (χ0) is 17.1. The quantitative estimate of drug-likeness (QED) is 0.387. The summed E-state index contributed by atoms with van der Waals surface area (Å²) in [6.07, 6.45) is 15.7. The first-order chi connectivity index (χ1) is 11.0. The summed E-state index contributed by atoms with van der Waals surface area (Å²) in [5.74, 6) is -0.438. The first kappa shape index (κ1) is 20.7. The molecule has 0 bridgehead atoms. The van der Waals surface area contributed by atoms with Crippen molar-refractivity contribution in [1.82, 2.24) is 0 Å². The van der Waals surface area contributed by atoms with Crippen LogP contribution in [-0.2, 0) is 9.47 Å². The average Bonchev–Trinajstić information content (AvgIpc) is 2.80. The highest BCUT2D eigenvalue weighted by molar-refractivity contribution is 4.88. The van der Waals surface area contributed by atoms with E-state index in [0.717, 1.165) is 32.1 Å². The highest BCUT2D eigenvalue weighted by Gasteiger charge is 2.40. The van der Waals surface area contributed by atoms with Gasteiger partial charge in [-0.1, -0.05) is 58.1 Å². The standard InChI is InChI=1S/C20H38O3/c1-5-7-8-9-12-15-18-19(23-20(3,4)22-18)16-13-10-11-14-17(21)6-2/h11,14,17-19,21H,5-10,12-13,15-16H2,1-4H3/b14-11-/t17-,18-,19-/m1/s1. The normalized spacial score (nSPS) is 25.3. The highest BCUT2D eigenvalue weighted by atomic mass is 16.7. The molecule has 0 saturated carbocycles. The van der Waals surface area contributed by atoms with Gasteiger partial charge in [-0.05, 0) is 46.0 Å². The number of ether oxygens (including phenoxy) is 2. The molecule has 3 atom stereocenters. The van der Waals surface area contributed by atoms with Gasteiger partial charge < -0.3 is 14.6 Å². The Labute approximate surface area is 143 Å². The lowest BCUT2D eigenvalue weighted by atomic mass is 10.0. The van der Waals surface area contributed by atoms with Gasteiger partial charge in [-0.3, -0.25) is 0 Å². The maximum absolute atomic E-state index is 9.51.